The van der Waals surface area contributed by atoms with Crippen LogP contribution in [-0.4, -0.2) is 32.4 Å². The van der Waals surface area contributed by atoms with Gasteiger partial charge >= 0.3 is 0 Å². The number of rotatable bonds is 8. The van der Waals surface area contributed by atoms with Crippen molar-refractivity contribution in [3.05, 3.63) is 70.0 Å². The number of benzene rings is 1. The Morgan fingerprint density at radius 2 is 1.97 bits per heavy atom. The molecular weight excluding hydrogens is 395 g/mol. The van der Waals surface area contributed by atoms with E-state index in [4.69, 9.17) is 9.72 Å². The van der Waals surface area contributed by atoms with Gasteiger partial charge in [-0.1, -0.05) is 48.7 Å². The Bertz CT molecular complexity index is 1090. The zero-order chi connectivity index (χ0) is 22.0. The van der Waals surface area contributed by atoms with Crippen molar-refractivity contribution in [3.63, 3.8) is 0 Å². The number of hydrogen-bond donors (Lipinski definition) is 0. The van der Waals surface area contributed by atoms with Crippen LogP contribution in [0.4, 0.5) is 4.48 Å². The lowest BCUT2D eigenvalue weighted by Gasteiger charge is -2.17. The first kappa shape index (κ1) is 21.2. The van der Waals surface area contributed by atoms with Gasteiger partial charge in [-0.25, -0.2) is 0 Å². The molecular formula is C24H27FN4O2. The fourth-order valence-corrected chi connectivity index (χ4v) is 4.15. The Hall–Kier alpha value is -3.06. The van der Waals surface area contributed by atoms with Crippen LogP contribution in [0.3, 0.4) is 0 Å². The molecule has 3 heterocycles. The maximum absolute atomic E-state index is 14.4. The topological polar surface area (TPSA) is 60.2 Å². The predicted octanol–water partition coefficient (Wildman–Crippen LogP) is 4.40. The smallest absolute Gasteiger partial charge is 0.284 e. The second-order valence-electron chi connectivity index (χ2n) is 7.78. The molecule has 0 spiro atoms. The standard InChI is InChI=1S/C24H27FN4O2/c1-4-11-31-15-17-13-26-28(3)23(17)22-18(12-16-9-7-6-8-10-16)19-14-29(25)24(30)21(19)20(5-2)27-22/h6-10,13H,4-5,11-12,14-15H2,1-3H3. The van der Waals surface area contributed by atoms with Crippen molar-refractivity contribution in [3.8, 4) is 11.4 Å². The van der Waals surface area contributed by atoms with Crippen LogP contribution in [0.1, 0.15) is 58.6 Å². The van der Waals surface area contributed by atoms with Crippen molar-refractivity contribution in [2.75, 3.05) is 6.61 Å². The van der Waals surface area contributed by atoms with E-state index in [1.165, 1.54) is 0 Å². The lowest BCUT2D eigenvalue weighted by atomic mass is 9.92. The predicted molar refractivity (Wildman–Crippen MR) is 116 cm³/mol. The van der Waals surface area contributed by atoms with E-state index in [1.54, 1.807) is 10.9 Å². The Kier molecular flexibility index (Phi) is 6.13. The number of fused-ring (bicyclic) bond motifs is 1. The van der Waals surface area contributed by atoms with Gasteiger partial charge in [-0.3, -0.25) is 14.5 Å². The van der Waals surface area contributed by atoms with E-state index in [2.05, 4.69) is 12.0 Å². The van der Waals surface area contributed by atoms with Gasteiger partial charge in [0.1, 0.15) is 0 Å². The maximum atomic E-state index is 14.4. The Labute approximate surface area is 181 Å². The van der Waals surface area contributed by atoms with Gasteiger partial charge in [0, 0.05) is 25.6 Å². The average Bonchev–Trinajstić information content (AvgIpc) is 3.29. The van der Waals surface area contributed by atoms with Gasteiger partial charge in [0.25, 0.3) is 5.91 Å². The molecule has 0 fully saturated rings. The Morgan fingerprint density at radius 1 is 1.19 bits per heavy atom. The van der Waals surface area contributed by atoms with E-state index >= 15 is 0 Å². The molecule has 1 amide bonds. The molecule has 0 atom stereocenters. The molecule has 31 heavy (non-hydrogen) atoms. The molecule has 3 aromatic rings. The van der Waals surface area contributed by atoms with Crippen LogP contribution < -0.4 is 0 Å². The quantitative estimate of drug-likeness (QED) is 0.399. The summed E-state index contributed by atoms with van der Waals surface area (Å²) in [5.41, 5.74) is 6.22. The van der Waals surface area contributed by atoms with E-state index in [9.17, 15) is 9.28 Å². The third-order valence-electron chi connectivity index (χ3n) is 5.62. The van der Waals surface area contributed by atoms with E-state index < -0.39 is 5.91 Å². The Balaban J connectivity index is 1.91. The summed E-state index contributed by atoms with van der Waals surface area (Å²) in [5, 5.41) is 4.73. The van der Waals surface area contributed by atoms with Crippen molar-refractivity contribution in [1.29, 1.82) is 0 Å². The summed E-state index contributed by atoms with van der Waals surface area (Å²) in [5.74, 6) is -0.600. The minimum atomic E-state index is -0.600. The van der Waals surface area contributed by atoms with Gasteiger partial charge in [0.05, 0.1) is 42.0 Å². The zero-order valence-corrected chi connectivity index (χ0v) is 18.2. The largest absolute Gasteiger partial charge is 0.377 e. The lowest BCUT2D eigenvalue weighted by molar-refractivity contribution is 0.0218. The SMILES string of the molecule is CCCOCc1cnn(C)c1-c1nc(CC)c2c(c1Cc1ccccc1)CN(F)C2=O. The molecule has 0 bridgehead atoms. The molecule has 1 aliphatic rings. The summed E-state index contributed by atoms with van der Waals surface area (Å²) < 4.78 is 22.0. The number of aryl methyl sites for hydroxylation is 2. The fraction of sp³-hybridized carbons (Fsp3) is 0.375. The van der Waals surface area contributed by atoms with Crippen LogP contribution >= 0.6 is 0 Å². The first-order valence-corrected chi connectivity index (χ1v) is 10.7. The van der Waals surface area contributed by atoms with Crippen LogP contribution in [0.2, 0.25) is 0 Å². The number of amides is 1. The molecule has 0 N–H and O–H groups in total. The van der Waals surface area contributed by atoms with Crippen molar-refractivity contribution in [1.82, 2.24) is 19.9 Å². The van der Waals surface area contributed by atoms with E-state index in [1.807, 2.05) is 44.3 Å². The van der Waals surface area contributed by atoms with Gasteiger partial charge in [-0.15, -0.1) is 0 Å². The van der Waals surface area contributed by atoms with Crippen molar-refractivity contribution >= 4 is 5.91 Å². The third-order valence-corrected chi connectivity index (χ3v) is 5.62. The van der Waals surface area contributed by atoms with Crippen LogP contribution in [0.25, 0.3) is 11.4 Å². The summed E-state index contributed by atoms with van der Waals surface area (Å²) in [6.07, 6.45) is 3.82. The highest BCUT2D eigenvalue weighted by atomic mass is 19.2. The summed E-state index contributed by atoms with van der Waals surface area (Å²) in [6.45, 7) is 5.03. The number of nitrogens with zero attached hydrogens (tertiary/aromatic N) is 4. The van der Waals surface area contributed by atoms with Gasteiger partial charge in [0.2, 0.25) is 0 Å². The van der Waals surface area contributed by atoms with E-state index in [-0.39, 0.29) is 11.7 Å². The highest BCUT2D eigenvalue weighted by Gasteiger charge is 2.35. The minimum absolute atomic E-state index is 0.0572. The van der Waals surface area contributed by atoms with Crippen LogP contribution in [0.15, 0.2) is 36.5 Å². The average molecular weight is 423 g/mol. The summed E-state index contributed by atoms with van der Waals surface area (Å²) >= 11 is 0. The molecule has 1 aliphatic heterocycles. The number of hydrogen-bond acceptors (Lipinski definition) is 4. The van der Waals surface area contributed by atoms with Gasteiger partial charge in [-0.2, -0.15) is 10.2 Å². The zero-order valence-electron chi connectivity index (χ0n) is 18.2. The fourth-order valence-electron chi connectivity index (χ4n) is 4.15. The Morgan fingerprint density at radius 3 is 2.68 bits per heavy atom. The molecule has 0 radical (unpaired) electrons. The molecule has 0 saturated heterocycles. The number of ether oxygens (including phenoxy) is 1. The summed E-state index contributed by atoms with van der Waals surface area (Å²) in [7, 11) is 1.87. The number of carbonyl (C=O) groups excluding carboxylic acids is 1. The first-order chi connectivity index (χ1) is 15.0. The molecule has 0 aliphatic carbocycles. The van der Waals surface area contributed by atoms with E-state index in [0.717, 1.165) is 40.1 Å². The van der Waals surface area contributed by atoms with Gasteiger partial charge < -0.3 is 4.74 Å². The molecule has 2 aromatic heterocycles. The van der Waals surface area contributed by atoms with Crippen LogP contribution in [0.5, 0.6) is 0 Å². The highest BCUT2D eigenvalue weighted by Crippen LogP contribution is 2.37. The number of aromatic nitrogens is 3. The second-order valence-corrected chi connectivity index (χ2v) is 7.78. The van der Waals surface area contributed by atoms with Crippen molar-refractivity contribution in [2.45, 2.75) is 46.3 Å². The van der Waals surface area contributed by atoms with E-state index in [0.29, 0.717) is 37.3 Å². The summed E-state index contributed by atoms with van der Waals surface area (Å²) in [6, 6.07) is 9.97. The molecule has 162 valence electrons. The van der Waals surface area contributed by atoms with Crippen molar-refractivity contribution < 1.29 is 14.0 Å². The third kappa shape index (κ3) is 3.97. The summed E-state index contributed by atoms with van der Waals surface area (Å²) in [4.78, 5) is 17.5. The van der Waals surface area contributed by atoms with Gasteiger partial charge in [-0.05, 0) is 29.5 Å². The molecule has 1 aromatic carbocycles. The van der Waals surface area contributed by atoms with Gasteiger partial charge in [0.15, 0.2) is 0 Å². The number of halogens is 1. The molecule has 0 unspecified atom stereocenters. The normalized spacial score (nSPS) is 13.2. The van der Waals surface area contributed by atoms with Crippen molar-refractivity contribution in [2.24, 2.45) is 7.05 Å². The monoisotopic (exact) mass is 422 g/mol. The maximum Gasteiger partial charge on any atom is 0.284 e. The number of pyridine rings is 1. The molecule has 4 rings (SSSR count). The minimum Gasteiger partial charge on any atom is -0.377 e. The highest BCUT2D eigenvalue weighted by molar-refractivity contribution is 5.99. The molecule has 6 nitrogen and oxygen atoms in total. The second kappa shape index (κ2) is 8.98. The number of carbonyl (C=O) groups is 1. The molecule has 7 heteroatoms. The molecule has 0 saturated carbocycles. The van der Waals surface area contributed by atoms with Crippen LogP contribution in [-0.2, 0) is 37.8 Å². The van der Waals surface area contributed by atoms with Crippen LogP contribution in [0, 0.1) is 0 Å². The lowest BCUT2D eigenvalue weighted by Crippen LogP contribution is -2.14. The first-order valence-electron chi connectivity index (χ1n) is 10.7.